The molecule has 0 nitrogen and oxygen atoms in total. The van der Waals surface area contributed by atoms with Crippen LogP contribution in [0.1, 0.15) is 0 Å². The molecule has 0 bridgehead atoms. The van der Waals surface area contributed by atoms with Gasteiger partial charge in [0, 0.05) is 38.5 Å². The molecule has 0 fully saturated rings. The van der Waals surface area contributed by atoms with Gasteiger partial charge in [-0.25, -0.2) is 4.39 Å². The number of benzene rings is 1. The minimum absolute atomic E-state index is 0. The van der Waals surface area contributed by atoms with Gasteiger partial charge in [-0.05, 0) is 0 Å². The van der Waals surface area contributed by atoms with E-state index in [0.29, 0.717) is 4.47 Å². The van der Waals surface area contributed by atoms with Crippen molar-refractivity contribution in [2.24, 2.45) is 0 Å². The van der Waals surface area contributed by atoms with Crippen LogP contribution in [0.25, 0.3) is 0 Å². The van der Waals surface area contributed by atoms with Gasteiger partial charge in [0.15, 0.2) is 0 Å². The molecule has 0 N–H and O–H groups in total. The Bertz CT molecular complexity index is 173. The van der Waals surface area contributed by atoms with Crippen LogP contribution >= 0.6 is 15.9 Å². The first-order chi connectivity index (χ1) is 3.79. The first-order valence-corrected chi connectivity index (χ1v) is 2.91. The Morgan fingerprint density at radius 3 is 2.56 bits per heavy atom. The number of rotatable bonds is 0. The third-order valence-corrected chi connectivity index (χ3v) is 1.19. The maximum absolute atomic E-state index is 12.1. The second-order valence-corrected chi connectivity index (χ2v) is 2.21. The van der Waals surface area contributed by atoms with E-state index in [1.54, 1.807) is 0 Å². The van der Waals surface area contributed by atoms with Crippen LogP contribution in [-0.2, 0) is 32.7 Å². The fourth-order valence-electron chi connectivity index (χ4n) is 0.412. The summed E-state index contributed by atoms with van der Waals surface area (Å²) in [5.74, 6) is -0.240. The van der Waals surface area contributed by atoms with Gasteiger partial charge in [-0.2, -0.15) is 12.1 Å². The van der Waals surface area contributed by atoms with Crippen molar-refractivity contribution in [1.82, 2.24) is 0 Å². The zero-order chi connectivity index (χ0) is 5.98. The van der Waals surface area contributed by atoms with E-state index < -0.39 is 0 Å². The summed E-state index contributed by atoms with van der Waals surface area (Å²) in [6, 6.07) is 6.99. The van der Waals surface area contributed by atoms with Crippen LogP contribution in [-0.4, -0.2) is 0 Å². The summed E-state index contributed by atoms with van der Waals surface area (Å²) in [5.41, 5.74) is 0. The summed E-state index contributed by atoms with van der Waals surface area (Å²) < 4.78 is 12.8. The molecule has 0 saturated heterocycles. The molecule has 1 radical (unpaired) electrons. The monoisotopic (exact) mass is 262 g/mol. The molecule has 0 aliphatic heterocycles. The van der Waals surface area contributed by atoms with Gasteiger partial charge >= 0.3 is 0 Å². The first-order valence-electron chi connectivity index (χ1n) is 2.12. The minimum atomic E-state index is -0.240. The normalized spacial score (nSPS) is 8.22. The Labute approximate surface area is 86.8 Å². The molecule has 1 aromatic rings. The molecule has 0 spiro atoms. The number of hydrogen-bond acceptors (Lipinski definition) is 0. The smallest absolute Gasteiger partial charge is 0.0162 e. The summed E-state index contributed by atoms with van der Waals surface area (Å²) in [6.45, 7) is 0. The van der Waals surface area contributed by atoms with E-state index in [9.17, 15) is 4.39 Å². The number of hydrogen-bond donors (Lipinski definition) is 0. The van der Waals surface area contributed by atoms with Crippen LogP contribution in [0, 0.1) is 11.9 Å². The average molecular weight is 263 g/mol. The Kier molecular flexibility index (Phi) is 4.90. The van der Waals surface area contributed by atoms with Gasteiger partial charge in [0.05, 0.1) is 0 Å². The maximum Gasteiger partial charge on any atom is 0.0162 e. The fourth-order valence-corrected chi connectivity index (χ4v) is 0.763. The topological polar surface area (TPSA) is 0 Å². The van der Waals surface area contributed by atoms with Gasteiger partial charge in [-0.15, -0.1) is 12.1 Å². The third kappa shape index (κ3) is 3.44. The van der Waals surface area contributed by atoms with E-state index in [1.165, 1.54) is 18.2 Å². The van der Waals surface area contributed by atoms with E-state index in [4.69, 9.17) is 0 Å². The minimum Gasteiger partial charge on any atom is -0.236 e. The Morgan fingerprint density at radius 1 is 1.56 bits per heavy atom. The van der Waals surface area contributed by atoms with Gasteiger partial charge in [0.2, 0.25) is 0 Å². The van der Waals surface area contributed by atoms with Gasteiger partial charge in [-0.1, -0.05) is 20.4 Å². The Balaban J connectivity index is 0.000000640. The predicted octanol–water partition coefficient (Wildman–Crippen LogP) is 2.39. The Morgan fingerprint density at radius 2 is 2.22 bits per heavy atom. The van der Waals surface area contributed by atoms with E-state index in [-0.39, 0.29) is 38.5 Å². The zero-order valence-corrected chi connectivity index (χ0v) is 8.99. The molecule has 0 aliphatic rings. The van der Waals surface area contributed by atoms with E-state index in [1.807, 2.05) is 0 Å². The van der Waals surface area contributed by atoms with Crippen molar-refractivity contribution in [2.45, 2.75) is 0 Å². The average Bonchev–Trinajstić information content (AvgIpc) is 1.64. The van der Waals surface area contributed by atoms with Crippen LogP contribution in [0.15, 0.2) is 22.7 Å². The van der Waals surface area contributed by atoms with Crippen molar-refractivity contribution in [3.63, 3.8) is 0 Å². The zero-order valence-electron chi connectivity index (χ0n) is 4.57. The molecule has 0 unspecified atom stereocenters. The van der Waals surface area contributed by atoms with Gasteiger partial charge in [-0.3, -0.25) is 0 Å². The summed E-state index contributed by atoms with van der Waals surface area (Å²) in [4.78, 5) is 0. The molecular formula is C6H3BrFY-. The van der Waals surface area contributed by atoms with Crippen LogP contribution in [0.5, 0.6) is 0 Å². The van der Waals surface area contributed by atoms with E-state index in [2.05, 4.69) is 22.0 Å². The van der Waals surface area contributed by atoms with Gasteiger partial charge in [0.1, 0.15) is 0 Å². The molecule has 0 heterocycles. The van der Waals surface area contributed by atoms with Gasteiger partial charge < -0.3 is 0 Å². The molecule has 9 heavy (non-hydrogen) atoms. The largest absolute Gasteiger partial charge is 0.236 e. The summed E-state index contributed by atoms with van der Waals surface area (Å²) >= 11 is 3.07. The van der Waals surface area contributed by atoms with Crippen LogP contribution in [0.3, 0.4) is 0 Å². The SMILES string of the molecule is Fc1cc[c-]c(Br)c1.[Y]. The second kappa shape index (κ2) is 4.53. The summed E-state index contributed by atoms with van der Waals surface area (Å²) in [5, 5.41) is 0. The summed E-state index contributed by atoms with van der Waals surface area (Å²) in [7, 11) is 0. The van der Waals surface area contributed by atoms with E-state index in [0.717, 1.165) is 0 Å². The predicted molar refractivity (Wildman–Crippen MR) is 32.9 cm³/mol. The van der Waals surface area contributed by atoms with Crippen molar-refractivity contribution >= 4 is 15.9 Å². The second-order valence-electron chi connectivity index (χ2n) is 1.35. The standard InChI is InChI=1S/C6H3BrF.Y/c7-5-2-1-3-6(8)4-5;/h1,3-4H;/q-1;. The number of halogens is 2. The molecule has 1 rings (SSSR count). The molecule has 0 saturated carbocycles. The van der Waals surface area contributed by atoms with Crippen molar-refractivity contribution < 1.29 is 37.1 Å². The van der Waals surface area contributed by atoms with Gasteiger partial charge in [0.25, 0.3) is 0 Å². The van der Waals surface area contributed by atoms with Crippen molar-refractivity contribution in [3.05, 3.63) is 34.6 Å². The first kappa shape index (κ1) is 9.73. The molecule has 45 valence electrons. The van der Waals surface area contributed by atoms with E-state index >= 15 is 0 Å². The van der Waals surface area contributed by atoms with Crippen LogP contribution < -0.4 is 0 Å². The molecule has 0 aliphatic carbocycles. The quantitative estimate of drug-likeness (QED) is 0.630. The molecular weight excluding hydrogens is 260 g/mol. The molecule has 3 heteroatoms. The Hall–Kier alpha value is 0.734. The third-order valence-electron chi connectivity index (χ3n) is 0.728. The molecule has 0 atom stereocenters. The van der Waals surface area contributed by atoms with Crippen molar-refractivity contribution in [3.8, 4) is 0 Å². The molecule has 0 amide bonds. The molecule has 0 aromatic heterocycles. The van der Waals surface area contributed by atoms with Crippen molar-refractivity contribution in [1.29, 1.82) is 0 Å². The molecule has 1 aromatic carbocycles. The maximum atomic E-state index is 12.1. The fraction of sp³-hybridized carbons (Fsp3) is 0. The van der Waals surface area contributed by atoms with Crippen LogP contribution in [0.2, 0.25) is 0 Å². The summed E-state index contributed by atoms with van der Waals surface area (Å²) in [6.07, 6.45) is 0. The van der Waals surface area contributed by atoms with Crippen LogP contribution in [0.4, 0.5) is 4.39 Å². The van der Waals surface area contributed by atoms with Crippen molar-refractivity contribution in [2.75, 3.05) is 0 Å².